The number of nitrogens with one attached hydrogen (secondary N) is 1. The maximum Gasteiger partial charge on any atom is 0.357 e. The van der Waals surface area contributed by atoms with E-state index >= 15 is 0 Å². The van der Waals surface area contributed by atoms with E-state index in [1.165, 1.54) is 24.9 Å². The highest BCUT2D eigenvalue weighted by atomic mass is 79.9. The van der Waals surface area contributed by atoms with Crippen LogP contribution in [0.25, 0.3) is 0 Å². The summed E-state index contributed by atoms with van der Waals surface area (Å²) in [5.41, 5.74) is 1.04. The van der Waals surface area contributed by atoms with E-state index in [2.05, 4.69) is 26.2 Å². The molecule has 8 heteroatoms. The van der Waals surface area contributed by atoms with E-state index in [1.807, 2.05) is 29.2 Å². The minimum absolute atomic E-state index is 0.140. The molecule has 1 aromatic carbocycles. The Hall–Kier alpha value is -1.93. The summed E-state index contributed by atoms with van der Waals surface area (Å²) in [6.07, 6.45) is 5.43. The number of rotatable bonds is 5. The van der Waals surface area contributed by atoms with Crippen molar-refractivity contribution in [2.45, 2.75) is 44.7 Å². The summed E-state index contributed by atoms with van der Waals surface area (Å²) >= 11 is 4.77. The van der Waals surface area contributed by atoms with Gasteiger partial charge < -0.3 is 15.0 Å². The Morgan fingerprint density at radius 2 is 1.96 bits per heavy atom. The zero-order valence-corrected chi connectivity index (χ0v) is 17.5. The number of urea groups is 1. The second-order valence-corrected chi connectivity index (χ2v) is 8.33. The van der Waals surface area contributed by atoms with Crippen LogP contribution in [-0.2, 0) is 11.3 Å². The Morgan fingerprint density at radius 1 is 1.26 bits per heavy atom. The highest BCUT2D eigenvalue weighted by Gasteiger charge is 2.27. The van der Waals surface area contributed by atoms with Crippen molar-refractivity contribution in [2.24, 2.45) is 0 Å². The average molecular weight is 452 g/mol. The molecule has 27 heavy (non-hydrogen) atoms. The van der Waals surface area contributed by atoms with E-state index in [1.54, 1.807) is 5.38 Å². The third-order valence-electron chi connectivity index (χ3n) is 4.62. The van der Waals surface area contributed by atoms with Crippen LogP contribution in [0.2, 0.25) is 0 Å². The van der Waals surface area contributed by atoms with E-state index in [0.717, 1.165) is 40.9 Å². The Kier molecular flexibility index (Phi) is 6.84. The summed E-state index contributed by atoms with van der Waals surface area (Å²) < 4.78 is 5.68. The van der Waals surface area contributed by atoms with Crippen molar-refractivity contribution >= 4 is 45.0 Å². The lowest BCUT2D eigenvalue weighted by Gasteiger charge is -2.33. The third kappa shape index (κ3) is 5.29. The number of hydrogen-bond acceptors (Lipinski definition) is 5. The standard InChI is InChI=1S/C19H22BrN3O3S/c1-26-18(24)16-12-27-17(22-16)11-23(15-5-3-2-4-6-15)19(25)21-14-9-7-13(20)8-10-14/h7-10,12,15H,2-6,11H2,1H3,(H,21,25). The molecule has 6 nitrogen and oxygen atoms in total. The number of thiazole rings is 1. The van der Waals surface area contributed by atoms with Crippen LogP contribution < -0.4 is 5.32 Å². The molecule has 1 aliphatic rings. The molecule has 1 heterocycles. The molecule has 0 aliphatic heterocycles. The summed E-state index contributed by atoms with van der Waals surface area (Å²) in [6.45, 7) is 0.384. The minimum atomic E-state index is -0.457. The first-order chi connectivity index (χ1) is 13.1. The fourth-order valence-electron chi connectivity index (χ4n) is 3.22. The summed E-state index contributed by atoms with van der Waals surface area (Å²) in [5, 5.41) is 5.38. The predicted octanol–water partition coefficient (Wildman–Crippen LogP) is 5.06. The number of benzene rings is 1. The Bertz CT molecular complexity index is 788. The second-order valence-electron chi connectivity index (χ2n) is 6.47. The number of anilines is 1. The topological polar surface area (TPSA) is 71.5 Å². The van der Waals surface area contributed by atoms with E-state index in [9.17, 15) is 9.59 Å². The summed E-state index contributed by atoms with van der Waals surface area (Å²) in [7, 11) is 1.33. The zero-order valence-electron chi connectivity index (χ0n) is 15.1. The third-order valence-corrected chi connectivity index (χ3v) is 5.99. The lowest BCUT2D eigenvalue weighted by molar-refractivity contribution is 0.0594. The average Bonchev–Trinajstić information content (AvgIpc) is 3.16. The summed E-state index contributed by atoms with van der Waals surface area (Å²) in [4.78, 5) is 30.8. The fourth-order valence-corrected chi connectivity index (χ4v) is 4.24. The summed E-state index contributed by atoms with van der Waals surface area (Å²) in [5.74, 6) is -0.457. The molecule has 1 saturated carbocycles. The highest BCUT2D eigenvalue weighted by Crippen LogP contribution is 2.26. The molecule has 0 unspecified atom stereocenters. The number of nitrogens with zero attached hydrogens (tertiary/aromatic N) is 2. The van der Waals surface area contributed by atoms with Crippen molar-refractivity contribution < 1.29 is 14.3 Å². The summed E-state index contributed by atoms with van der Waals surface area (Å²) in [6, 6.07) is 7.55. The van der Waals surface area contributed by atoms with Crippen LogP contribution >= 0.6 is 27.3 Å². The molecule has 0 bridgehead atoms. The zero-order chi connectivity index (χ0) is 19.2. The normalized spacial score (nSPS) is 14.6. The first kappa shape index (κ1) is 19.8. The molecular weight excluding hydrogens is 430 g/mol. The van der Waals surface area contributed by atoms with Crippen molar-refractivity contribution in [3.8, 4) is 0 Å². The van der Waals surface area contributed by atoms with Crippen LogP contribution in [0, 0.1) is 0 Å². The van der Waals surface area contributed by atoms with Gasteiger partial charge in [-0.2, -0.15) is 0 Å². The molecule has 1 aliphatic carbocycles. The van der Waals surface area contributed by atoms with Crippen molar-refractivity contribution in [1.82, 2.24) is 9.88 Å². The van der Waals surface area contributed by atoms with Crippen molar-refractivity contribution in [2.75, 3.05) is 12.4 Å². The van der Waals surface area contributed by atoms with Crippen LogP contribution in [0.1, 0.15) is 47.6 Å². The molecule has 144 valence electrons. The number of esters is 1. The van der Waals surface area contributed by atoms with Crippen LogP contribution in [0.4, 0.5) is 10.5 Å². The monoisotopic (exact) mass is 451 g/mol. The number of carbonyl (C=O) groups excluding carboxylic acids is 2. The molecule has 1 N–H and O–H groups in total. The number of amides is 2. The van der Waals surface area contributed by atoms with Crippen LogP contribution in [0.5, 0.6) is 0 Å². The van der Waals surface area contributed by atoms with Crippen molar-refractivity contribution in [1.29, 1.82) is 0 Å². The molecule has 0 atom stereocenters. The number of methoxy groups -OCH3 is 1. The maximum atomic E-state index is 13.0. The Balaban J connectivity index is 1.75. The van der Waals surface area contributed by atoms with E-state index < -0.39 is 5.97 Å². The van der Waals surface area contributed by atoms with Crippen LogP contribution in [0.15, 0.2) is 34.1 Å². The quantitative estimate of drug-likeness (QED) is 0.644. The predicted molar refractivity (Wildman–Crippen MR) is 109 cm³/mol. The number of ether oxygens (including phenoxy) is 1. The lowest BCUT2D eigenvalue weighted by Crippen LogP contribution is -2.43. The van der Waals surface area contributed by atoms with Crippen molar-refractivity contribution in [3.05, 3.63) is 44.8 Å². The first-order valence-electron chi connectivity index (χ1n) is 8.92. The van der Waals surface area contributed by atoms with E-state index in [-0.39, 0.29) is 17.8 Å². The van der Waals surface area contributed by atoms with Gasteiger partial charge in [-0.25, -0.2) is 14.6 Å². The minimum Gasteiger partial charge on any atom is -0.464 e. The largest absolute Gasteiger partial charge is 0.464 e. The molecule has 2 aromatic rings. The van der Waals surface area contributed by atoms with Gasteiger partial charge in [-0.15, -0.1) is 11.3 Å². The van der Waals surface area contributed by atoms with E-state index in [4.69, 9.17) is 4.74 Å². The number of hydrogen-bond donors (Lipinski definition) is 1. The molecule has 0 spiro atoms. The van der Waals surface area contributed by atoms with Gasteiger partial charge in [0.15, 0.2) is 5.69 Å². The van der Waals surface area contributed by atoms with Gasteiger partial charge in [-0.3, -0.25) is 0 Å². The molecule has 1 aromatic heterocycles. The van der Waals surface area contributed by atoms with Gasteiger partial charge in [0, 0.05) is 21.6 Å². The fraction of sp³-hybridized carbons (Fsp3) is 0.421. The maximum absolute atomic E-state index is 13.0. The van der Waals surface area contributed by atoms with Crippen LogP contribution in [0.3, 0.4) is 0 Å². The lowest BCUT2D eigenvalue weighted by atomic mass is 9.94. The number of aromatic nitrogens is 1. The van der Waals surface area contributed by atoms with Crippen LogP contribution in [-0.4, -0.2) is 35.0 Å². The van der Waals surface area contributed by atoms with E-state index in [0.29, 0.717) is 6.54 Å². The smallest absolute Gasteiger partial charge is 0.357 e. The molecule has 1 fully saturated rings. The highest BCUT2D eigenvalue weighted by molar-refractivity contribution is 9.10. The Morgan fingerprint density at radius 3 is 2.63 bits per heavy atom. The number of carbonyl (C=O) groups is 2. The molecule has 0 saturated heterocycles. The van der Waals surface area contributed by atoms with Gasteiger partial charge in [0.05, 0.1) is 13.7 Å². The second kappa shape index (κ2) is 9.32. The molecular formula is C19H22BrN3O3S. The molecule has 3 rings (SSSR count). The van der Waals surface area contributed by atoms with Gasteiger partial charge in [0.1, 0.15) is 5.01 Å². The number of halogens is 1. The molecule has 2 amide bonds. The van der Waals surface area contributed by atoms with Gasteiger partial charge in [0.2, 0.25) is 0 Å². The van der Waals surface area contributed by atoms with Gasteiger partial charge >= 0.3 is 12.0 Å². The molecule has 0 radical (unpaired) electrons. The van der Waals surface area contributed by atoms with Gasteiger partial charge in [0.25, 0.3) is 0 Å². The van der Waals surface area contributed by atoms with Crippen molar-refractivity contribution in [3.63, 3.8) is 0 Å². The Labute approximate surface area is 171 Å². The van der Waals surface area contributed by atoms with Gasteiger partial charge in [-0.05, 0) is 37.1 Å². The first-order valence-corrected chi connectivity index (χ1v) is 10.6. The SMILES string of the molecule is COC(=O)c1csc(CN(C(=O)Nc2ccc(Br)cc2)C2CCCCC2)n1. The van der Waals surface area contributed by atoms with Gasteiger partial charge in [-0.1, -0.05) is 35.2 Å².